The van der Waals surface area contributed by atoms with E-state index in [9.17, 15) is 19.1 Å². The van der Waals surface area contributed by atoms with Gasteiger partial charge < -0.3 is 15.0 Å². The van der Waals surface area contributed by atoms with Crippen LogP contribution in [0.4, 0.5) is 4.39 Å². The molecule has 2 aromatic carbocycles. The standard InChI is InChI=1S/C25H25FN2O3/c26-18-5-7-22-20(12-18)21-13-19(6-8-23(21)28(22)14-25(30)31)27-24(29)11-15-9-16-3-1-2-4-17(16)10-15/h1-5,7,12,15,19H,6,8-11,13-14H2,(H,27,29)(H,30,31)/t19-/m0/s1. The highest BCUT2D eigenvalue weighted by Gasteiger charge is 2.29. The van der Waals surface area contributed by atoms with Gasteiger partial charge in [-0.05, 0) is 72.9 Å². The van der Waals surface area contributed by atoms with E-state index in [-0.39, 0.29) is 24.3 Å². The molecule has 0 aliphatic heterocycles. The summed E-state index contributed by atoms with van der Waals surface area (Å²) in [5.41, 5.74) is 5.33. The summed E-state index contributed by atoms with van der Waals surface area (Å²) in [6.07, 6.45) is 4.41. The van der Waals surface area contributed by atoms with Gasteiger partial charge in [0.05, 0.1) is 0 Å². The Hall–Kier alpha value is -3.15. The molecule has 0 saturated carbocycles. The van der Waals surface area contributed by atoms with E-state index in [1.54, 1.807) is 10.6 Å². The molecule has 0 fully saturated rings. The third-order valence-corrected chi connectivity index (χ3v) is 6.70. The number of hydrogen-bond acceptors (Lipinski definition) is 2. The molecule has 0 radical (unpaired) electrons. The summed E-state index contributed by atoms with van der Waals surface area (Å²) in [7, 11) is 0. The highest BCUT2D eigenvalue weighted by Crippen LogP contribution is 2.33. The van der Waals surface area contributed by atoms with Crippen LogP contribution in [0.2, 0.25) is 0 Å². The van der Waals surface area contributed by atoms with Crippen molar-refractivity contribution in [3.05, 3.63) is 70.7 Å². The number of nitrogens with one attached hydrogen (secondary N) is 1. The first-order chi connectivity index (χ1) is 15.0. The fourth-order valence-corrected chi connectivity index (χ4v) is 5.40. The van der Waals surface area contributed by atoms with Crippen LogP contribution in [0.3, 0.4) is 0 Å². The molecular formula is C25H25FN2O3. The molecule has 1 amide bonds. The average Bonchev–Trinajstić information content (AvgIpc) is 3.26. The van der Waals surface area contributed by atoms with Crippen molar-refractivity contribution in [2.24, 2.45) is 5.92 Å². The van der Waals surface area contributed by atoms with E-state index in [2.05, 4.69) is 17.4 Å². The minimum atomic E-state index is -0.919. The van der Waals surface area contributed by atoms with Gasteiger partial charge in [0.15, 0.2) is 0 Å². The van der Waals surface area contributed by atoms with Crippen molar-refractivity contribution in [3.8, 4) is 0 Å². The molecule has 0 bridgehead atoms. The lowest BCUT2D eigenvalue weighted by molar-refractivity contribution is -0.137. The Morgan fingerprint density at radius 1 is 1.10 bits per heavy atom. The van der Waals surface area contributed by atoms with E-state index in [0.29, 0.717) is 25.2 Å². The smallest absolute Gasteiger partial charge is 0.323 e. The number of carboxylic acids is 1. The van der Waals surface area contributed by atoms with E-state index in [0.717, 1.165) is 41.4 Å². The van der Waals surface area contributed by atoms with Crippen LogP contribution in [0.15, 0.2) is 42.5 Å². The SMILES string of the molecule is O=C(O)Cn1c2c(c3cc(F)ccc31)C[C@@H](NC(=O)CC1Cc3ccccc3C1)CC2. The lowest BCUT2D eigenvalue weighted by Gasteiger charge is -2.25. The molecule has 6 heteroatoms. The molecule has 5 rings (SSSR count). The third kappa shape index (κ3) is 3.82. The minimum Gasteiger partial charge on any atom is -0.480 e. The van der Waals surface area contributed by atoms with E-state index < -0.39 is 5.97 Å². The van der Waals surface area contributed by atoms with Gasteiger partial charge in [-0.25, -0.2) is 4.39 Å². The van der Waals surface area contributed by atoms with Crippen LogP contribution in [-0.4, -0.2) is 27.6 Å². The van der Waals surface area contributed by atoms with Gasteiger partial charge in [-0.2, -0.15) is 0 Å². The van der Waals surface area contributed by atoms with Crippen molar-refractivity contribution in [3.63, 3.8) is 0 Å². The molecule has 160 valence electrons. The highest BCUT2D eigenvalue weighted by atomic mass is 19.1. The zero-order valence-corrected chi connectivity index (χ0v) is 17.2. The topological polar surface area (TPSA) is 71.3 Å². The third-order valence-electron chi connectivity index (χ3n) is 6.70. The van der Waals surface area contributed by atoms with Gasteiger partial charge in [0.25, 0.3) is 0 Å². The largest absolute Gasteiger partial charge is 0.480 e. The molecule has 1 aromatic heterocycles. The predicted octanol–water partition coefficient (Wildman–Crippen LogP) is 3.64. The second-order valence-electron chi connectivity index (χ2n) is 8.82. The first kappa shape index (κ1) is 19.8. The normalized spacial score (nSPS) is 18.0. The number of halogens is 1. The number of amides is 1. The van der Waals surface area contributed by atoms with Crippen LogP contribution in [0.5, 0.6) is 0 Å². The van der Waals surface area contributed by atoms with Gasteiger partial charge in [0, 0.05) is 29.1 Å². The second kappa shape index (κ2) is 7.84. The van der Waals surface area contributed by atoms with Gasteiger partial charge in [-0.3, -0.25) is 9.59 Å². The quantitative estimate of drug-likeness (QED) is 0.662. The molecule has 1 atom stereocenters. The fourth-order valence-electron chi connectivity index (χ4n) is 5.40. The maximum absolute atomic E-state index is 13.9. The number of aliphatic carboxylic acids is 1. The van der Waals surface area contributed by atoms with E-state index >= 15 is 0 Å². The van der Waals surface area contributed by atoms with E-state index in [1.165, 1.54) is 23.3 Å². The van der Waals surface area contributed by atoms with Crippen molar-refractivity contribution >= 4 is 22.8 Å². The Bertz CT molecular complexity index is 1160. The molecule has 0 spiro atoms. The number of nitrogens with zero attached hydrogens (tertiary/aromatic N) is 1. The number of fused-ring (bicyclic) bond motifs is 4. The van der Waals surface area contributed by atoms with Crippen molar-refractivity contribution in [1.82, 2.24) is 9.88 Å². The highest BCUT2D eigenvalue weighted by molar-refractivity contribution is 5.87. The molecule has 2 aliphatic rings. The first-order valence-electron chi connectivity index (χ1n) is 10.9. The van der Waals surface area contributed by atoms with Crippen molar-refractivity contribution < 1.29 is 19.1 Å². The number of rotatable bonds is 5. The minimum absolute atomic E-state index is 0.0177. The molecule has 2 N–H and O–H groups in total. The van der Waals surface area contributed by atoms with Crippen molar-refractivity contribution in [2.75, 3.05) is 0 Å². The van der Waals surface area contributed by atoms with Gasteiger partial charge in [-0.1, -0.05) is 24.3 Å². The zero-order chi connectivity index (χ0) is 21.5. The van der Waals surface area contributed by atoms with Gasteiger partial charge in [-0.15, -0.1) is 0 Å². The summed E-state index contributed by atoms with van der Waals surface area (Å²) < 4.78 is 15.7. The molecule has 3 aromatic rings. The summed E-state index contributed by atoms with van der Waals surface area (Å²) in [6.45, 7) is -0.142. The number of hydrogen-bond donors (Lipinski definition) is 2. The van der Waals surface area contributed by atoms with Crippen LogP contribution in [0.25, 0.3) is 10.9 Å². The summed E-state index contributed by atoms with van der Waals surface area (Å²) in [4.78, 5) is 24.1. The first-order valence-corrected chi connectivity index (χ1v) is 10.9. The summed E-state index contributed by atoms with van der Waals surface area (Å²) in [6, 6.07) is 12.9. The number of aromatic nitrogens is 1. The lowest BCUT2D eigenvalue weighted by atomic mass is 9.91. The van der Waals surface area contributed by atoms with Crippen molar-refractivity contribution in [1.29, 1.82) is 0 Å². The number of carbonyl (C=O) groups is 2. The molecule has 31 heavy (non-hydrogen) atoms. The Kier molecular flexibility index (Phi) is 5.00. The summed E-state index contributed by atoms with van der Waals surface area (Å²) in [5, 5.41) is 13.3. The monoisotopic (exact) mass is 420 g/mol. The maximum atomic E-state index is 13.9. The molecule has 5 nitrogen and oxygen atoms in total. The Balaban J connectivity index is 1.30. The fraction of sp³-hybridized carbons (Fsp3) is 0.360. The number of benzene rings is 2. The van der Waals surface area contributed by atoms with Crippen LogP contribution in [-0.2, 0) is 41.8 Å². The lowest BCUT2D eigenvalue weighted by Crippen LogP contribution is -2.39. The molecule has 1 heterocycles. The maximum Gasteiger partial charge on any atom is 0.323 e. The number of carbonyl (C=O) groups excluding carboxylic acids is 1. The van der Waals surface area contributed by atoms with Crippen molar-refractivity contribution in [2.45, 2.75) is 51.1 Å². The molecular weight excluding hydrogens is 395 g/mol. The Morgan fingerprint density at radius 2 is 1.84 bits per heavy atom. The van der Waals surface area contributed by atoms with Crippen LogP contribution >= 0.6 is 0 Å². The zero-order valence-electron chi connectivity index (χ0n) is 17.2. The predicted molar refractivity (Wildman–Crippen MR) is 115 cm³/mol. The van der Waals surface area contributed by atoms with Gasteiger partial charge in [0.2, 0.25) is 5.91 Å². The molecule has 0 saturated heterocycles. The van der Waals surface area contributed by atoms with Crippen LogP contribution in [0.1, 0.15) is 35.2 Å². The van der Waals surface area contributed by atoms with E-state index in [1.807, 2.05) is 12.1 Å². The summed E-state index contributed by atoms with van der Waals surface area (Å²) >= 11 is 0. The second-order valence-corrected chi connectivity index (χ2v) is 8.82. The van der Waals surface area contributed by atoms with Crippen LogP contribution < -0.4 is 5.32 Å². The Labute approximate surface area is 179 Å². The van der Waals surface area contributed by atoms with Gasteiger partial charge in [0.1, 0.15) is 12.4 Å². The van der Waals surface area contributed by atoms with Gasteiger partial charge >= 0.3 is 5.97 Å². The number of carboxylic acid groups (broad SMARTS) is 1. The molecule has 0 unspecified atom stereocenters. The summed E-state index contributed by atoms with van der Waals surface area (Å²) in [5.74, 6) is -0.860. The Morgan fingerprint density at radius 3 is 2.55 bits per heavy atom. The average molecular weight is 420 g/mol. The van der Waals surface area contributed by atoms with E-state index in [4.69, 9.17) is 0 Å². The molecule has 2 aliphatic carbocycles. The van der Waals surface area contributed by atoms with Crippen LogP contribution in [0, 0.1) is 11.7 Å².